The van der Waals surface area contributed by atoms with Crippen LogP contribution in [0, 0.1) is 29.6 Å². The third-order valence-electron chi connectivity index (χ3n) is 16.5. The predicted molar refractivity (Wildman–Crippen MR) is 281 cm³/mol. The van der Waals surface area contributed by atoms with E-state index in [-0.39, 0.29) is 70.1 Å². The van der Waals surface area contributed by atoms with Crippen LogP contribution < -0.4 is 0 Å². The van der Waals surface area contributed by atoms with E-state index in [2.05, 4.69) is 0 Å². The molecule has 446 valence electrons. The number of carbonyl (C=O) groups is 1. The van der Waals surface area contributed by atoms with Crippen molar-refractivity contribution in [1.82, 2.24) is 0 Å². The summed E-state index contributed by atoms with van der Waals surface area (Å²) < 4.78 is 49.1. The molecule has 4 fully saturated rings. The summed E-state index contributed by atoms with van der Waals surface area (Å²) in [6, 6.07) is 0. The molecule has 11 N–H and O–H groups in total. The minimum Gasteiger partial charge on any atom is -0.462 e. The molecule has 0 aromatic heterocycles. The highest BCUT2D eigenvalue weighted by molar-refractivity contribution is 5.69. The first kappa shape index (κ1) is 65.8. The minimum atomic E-state index is -1.89. The summed E-state index contributed by atoms with van der Waals surface area (Å²) in [6.07, 6.45) is -5.90. The van der Waals surface area contributed by atoms with Crippen molar-refractivity contribution in [3.05, 3.63) is 36.5 Å². The van der Waals surface area contributed by atoms with E-state index in [0.717, 1.165) is 0 Å². The average molecular weight is 1100 g/mol. The lowest BCUT2D eigenvalue weighted by Crippen LogP contribution is -2.55. The zero-order valence-corrected chi connectivity index (χ0v) is 47.0. The summed E-state index contributed by atoms with van der Waals surface area (Å²) in [4.78, 5) is 13.5. The summed E-state index contributed by atoms with van der Waals surface area (Å²) in [5, 5.41) is 121. The fourth-order valence-electron chi connectivity index (χ4n) is 11.3. The largest absolute Gasteiger partial charge is 0.462 e. The fraction of sp³-hybridized carbons (Fsp3) is 0.877. The molecule has 4 saturated heterocycles. The molecule has 77 heavy (non-hydrogen) atoms. The number of aliphatic hydroxyl groups is 11. The van der Waals surface area contributed by atoms with Crippen molar-refractivity contribution in [2.45, 2.75) is 287 Å². The quantitative estimate of drug-likeness (QED) is 0.111. The molecule has 0 aromatic carbocycles. The van der Waals surface area contributed by atoms with E-state index in [1.807, 2.05) is 33.8 Å². The smallest absolute Gasteiger partial charge is 0.306 e. The number of aliphatic hydroxyl groups excluding tert-OH is 10. The maximum absolute atomic E-state index is 13.5. The van der Waals surface area contributed by atoms with E-state index < -0.39 is 164 Å². The van der Waals surface area contributed by atoms with E-state index in [0.29, 0.717) is 25.7 Å². The first-order chi connectivity index (χ1) is 36.2. The van der Waals surface area contributed by atoms with Gasteiger partial charge in [-0.05, 0) is 46.0 Å². The Morgan fingerprint density at radius 1 is 0.662 bits per heavy atom. The van der Waals surface area contributed by atoms with Crippen molar-refractivity contribution in [3.8, 4) is 0 Å². The van der Waals surface area contributed by atoms with E-state index in [4.69, 9.17) is 37.9 Å². The Bertz CT molecular complexity index is 1800. The third-order valence-corrected chi connectivity index (χ3v) is 16.5. The molecular formula is C57H98O20. The molecule has 0 unspecified atom stereocenters. The van der Waals surface area contributed by atoms with Gasteiger partial charge in [0, 0.05) is 81.5 Å². The lowest BCUT2D eigenvalue weighted by Gasteiger charge is -2.46. The van der Waals surface area contributed by atoms with Crippen LogP contribution in [0.1, 0.15) is 152 Å². The number of allylic oxidation sites excluding steroid dienone is 4. The lowest BCUT2D eigenvalue weighted by atomic mass is 9.81. The van der Waals surface area contributed by atoms with E-state index in [9.17, 15) is 61.0 Å². The number of rotatable bonds is 14. The molecule has 5 heterocycles. The van der Waals surface area contributed by atoms with Crippen molar-refractivity contribution in [3.63, 3.8) is 0 Å². The van der Waals surface area contributed by atoms with Gasteiger partial charge in [0.1, 0.15) is 24.4 Å². The second kappa shape index (κ2) is 30.9. The Morgan fingerprint density at radius 3 is 1.88 bits per heavy atom. The van der Waals surface area contributed by atoms with Crippen LogP contribution in [-0.2, 0) is 42.7 Å². The molecule has 5 aliphatic heterocycles. The van der Waals surface area contributed by atoms with E-state index in [1.54, 1.807) is 65.0 Å². The van der Waals surface area contributed by atoms with Crippen molar-refractivity contribution >= 4 is 5.97 Å². The molecule has 5 rings (SSSR count). The summed E-state index contributed by atoms with van der Waals surface area (Å²) >= 11 is 0. The number of hydrogen-bond acceptors (Lipinski definition) is 20. The molecule has 20 heteroatoms. The van der Waals surface area contributed by atoms with Gasteiger partial charge in [-0.1, -0.05) is 90.8 Å². The first-order valence-electron chi connectivity index (χ1n) is 28.6. The monoisotopic (exact) mass is 1100 g/mol. The highest BCUT2D eigenvalue weighted by atomic mass is 16.7. The second-order valence-corrected chi connectivity index (χ2v) is 23.6. The molecule has 0 aliphatic carbocycles. The Kier molecular flexibility index (Phi) is 26.4. The van der Waals surface area contributed by atoms with Gasteiger partial charge in [0.15, 0.2) is 24.7 Å². The van der Waals surface area contributed by atoms with Crippen LogP contribution in [0.5, 0.6) is 0 Å². The third kappa shape index (κ3) is 19.8. The summed E-state index contributed by atoms with van der Waals surface area (Å²) in [6.45, 7) is 16.1. The van der Waals surface area contributed by atoms with Gasteiger partial charge in [-0.15, -0.1) is 0 Å². The lowest BCUT2D eigenvalue weighted by molar-refractivity contribution is -0.318. The van der Waals surface area contributed by atoms with Gasteiger partial charge in [-0.25, -0.2) is 0 Å². The SMILES string of the molecule is CC(C)C[C@H](O[C@H]1C[C@@H](O[C@H]2C[C@@H](O)[C@H](O)[C@@H](C)O2)[C@H](O)[C@@H](C)O1)[C@H](C)[C@H](O)[C@@H](C)[C@H](O)C[C@H]1OC(=O)CCCCC[C@@H](O)C[C@]2(O)O[C@H](C[C@H](O[C@H]3C[C@@H](O)[C@H](O)[C@@H](C)O3)C[C@H](O)\C=C/C=C\C=C/[C@@H]1C)C[C@H](O)[C@H]2C. The van der Waals surface area contributed by atoms with Gasteiger partial charge in [0.2, 0.25) is 0 Å². The Hall–Kier alpha value is -2.03. The van der Waals surface area contributed by atoms with E-state index >= 15 is 0 Å². The van der Waals surface area contributed by atoms with Gasteiger partial charge in [0.05, 0.1) is 85.5 Å². The van der Waals surface area contributed by atoms with Crippen LogP contribution in [0.25, 0.3) is 0 Å². The van der Waals surface area contributed by atoms with Crippen LogP contribution in [0.2, 0.25) is 0 Å². The van der Waals surface area contributed by atoms with Crippen molar-refractivity contribution in [2.75, 3.05) is 0 Å². The standard InChI is InChI=1S/C57H98O20/c1-30(2)21-47(75-52-28-48(56(68)37(9)72-52)76-51-27-45(63)55(67)36(8)71-51)33(5)53(65)32(4)42(60)25-46-31(3)17-13-10-11-14-18-38(58)22-40(73-50-26-44(62)54(66)35(7)70-50)23-41-24-43(61)34(6)57(69,77-41)29-39(59)19-15-12-16-20-49(64)74-46/h10-11,13-14,17-18,30-48,50-56,58-63,65-69H,12,15-16,19-29H2,1-9H3/b11-10-,17-13-,18-14-/t31-,32-,33-,34+,35+,36+,37+,38+,39+,40+,41+,42+,43-,44+,45+,46+,47-,48+,50-,51-,52-,53+,54+,55+,56+,57-/m0/s1. The normalized spacial score (nSPS) is 44.1. The molecule has 0 saturated carbocycles. The van der Waals surface area contributed by atoms with E-state index in [1.165, 1.54) is 0 Å². The van der Waals surface area contributed by atoms with Gasteiger partial charge in [-0.3, -0.25) is 4.79 Å². The summed E-state index contributed by atoms with van der Waals surface area (Å²) in [7, 11) is 0. The highest BCUT2D eigenvalue weighted by Gasteiger charge is 2.49. The Morgan fingerprint density at radius 2 is 1.26 bits per heavy atom. The van der Waals surface area contributed by atoms with Crippen LogP contribution in [0.4, 0.5) is 0 Å². The first-order valence-corrected chi connectivity index (χ1v) is 28.6. The van der Waals surface area contributed by atoms with Crippen LogP contribution in [-0.4, -0.2) is 197 Å². The number of ether oxygens (including phenoxy) is 8. The van der Waals surface area contributed by atoms with Crippen molar-refractivity contribution < 1.29 is 98.9 Å². The topological polar surface area (TPSA) is 313 Å². The molecule has 2 bridgehead atoms. The molecule has 20 nitrogen and oxygen atoms in total. The predicted octanol–water partition coefficient (Wildman–Crippen LogP) is 3.33. The number of hydrogen-bond donors (Lipinski definition) is 11. The molecule has 0 radical (unpaired) electrons. The van der Waals surface area contributed by atoms with Gasteiger partial charge >= 0.3 is 5.97 Å². The number of cyclic esters (lactones) is 1. The summed E-state index contributed by atoms with van der Waals surface area (Å²) in [5.41, 5.74) is 0. The maximum atomic E-state index is 13.5. The van der Waals surface area contributed by atoms with Gasteiger partial charge < -0.3 is 94.1 Å². The Balaban J connectivity index is 1.27. The summed E-state index contributed by atoms with van der Waals surface area (Å²) in [5.74, 6) is -4.59. The highest BCUT2D eigenvalue weighted by Crippen LogP contribution is 2.40. The molecule has 0 aromatic rings. The molecule has 0 spiro atoms. The molecule has 26 atom stereocenters. The average Bonchev–Trinajstić information content (AvgIpc) is 3.34. The van der Waals surface area contributed by atoms with Crippen LogP contribution in [0.15, 0.2) is 36.5 Å². The number of fused-ring (bicyclic) bond motifs is 2. The van der Waals surface area contributed by atoms with Crippen molar-refractivity contribution in [1.29, 1.82) is 0 Å². The molecule has 0 amide bonds. The molecule has 5 aliphatic rings. The molecular weight excluding hydrogens is 1000 g/mol. The van der Waals surface area contributed by atoms with Crippen LogP contribution >= 0.6 is 0 Å². The maximum Gasteiger partial charge on any atom is 0.306 e. The zero-order chi connectivity index (χ0) is 56.9. The van der Waals surface area contributed by atoms with Crippen molar-refractivity contribution in [2.24, 2.45) is 29.6 Å². The van der Waals surface area contributed by atoms with Crippen LogP contribution in [0.3, 0.4) is 0 Å². The van der Waals surface area contributed by atoms with Gasteiger partial charge in [-0.2, -0.15) is 0 Å². The zero-order valence-electron chi connectivity index (χ0n) is 47.0. The number of esters is 1. The second-order valence-electron chi connectivity index (χ2n) is 23.6. The fourth-order valence-corrected chi connectivity index (χ4v) is 11.3. The number of carbonyl (C=O) groups excluding carboxylic acids is 1. The Labute approximate surface area is 456 Å². The minimum absolute atomic E-state index is 0.000183. The van der Waals surface area contributed by atoms with Gasteiger partial charge in [0.25, 0.3) is 0 Å².